The van der Waals surface area contributed by atoms with Crippen LogP contribution in [0, 0.1) is 0 Å². The van der Waals surface area contributed by atoms with Crippen molar-refractivity contribution in [3.8, 4) is 0 Å². The molecule has 1 aromatic rings. The van der Waals surface area contributed by atoms with Crippen molar-refractivity contribution in [2.24, 2.45) is 0 Å². The number of carboxylic acid groups (broad SMARTS) is 1. The van der Waals surface area contributed by atoms with Gasteiger partial charge in [0.2, 0.25) is 0 Å². The topological polar surface area (TPSA) is 133 Å². The lowest BCUT2D eigenvalue weighted by molar-refractivity contribution is -0.137. The Balaban J connectivity index is 2.45. The van der Waals surface area contributed by atoms with Gasteiger partial charge in [-0.2, -0.15) is 5.21 Å². The standard InChI is InChI=1S/C10H18N6O3/c1-3-4-7(5-8(17)18)12-10(19)11-6(2)9-13-15-16-14-9/h6-7H,3-5H2,1-2H3,(H,17,18)(H2,11,12,19)(H,13,14,15,16). The summed E-state index contributed by atoms with van der Waals surface area (Å²) in [5.74, 6) is -0.578. The zero-order valence-corrected chi connectivity index (χ0v) is 10.9. The largest absolute Gasteiger partial charge is 0.481 e. The number of aromatic amines is 1. The molecular weight excluding hydrogens is 252 g/mol. The number of aromatic nitrogens is 4. The summed E-state index contributed by atoms with van der Waals surface area (Å²) in [7, 11) is 0. The van der Waals surface area contributed by atoms with Gasteiger partial charge in [0, 0.05) is 6.04 Å². The van der Waals surface area contributed by atoms with Gasteiger partial charge in [-0.25, -0.2) is 4.79 Å². The minimum Gasteiger partial charge on any atom is -0.481 e. The highest BCUT2D eigenvalue weighted by molar-refractivity contribution is 5.76. The zero-order valence-electron chi connectivity index (χ0n) is 10.9. The van der Waals surface area contributed by atoms with Gasteiger partial charge in [-0.3, -0.25) is 4.79 Å². The normalized spacial score (nSPS) is 13.6. The Kier molecular flexibility index (Phi) is 5.71. The predicted molar refractivity (Wildman–Crippen MR) is 65.2 cm³/mol. The minimum absolute atomic E-state index is 0.0994. The molecule has 0 radical (unpaired) electrons. The summed E-state index contributed by atoms with van der Waals surface area (Å²) in [6.07, 6.45) is 1.30. The molecule has 2 atom stereocenters. The third-order valence-electron chi connectivity index (χ3n) is 2.49. The average Bonchev–Trinajstić information content (AvgIpc) is 2.81. The van der Waals surface area contributed by atoms with Crippen molar-refractivity contribution in [2.45, 2.75) is 45.2 Å². The Morgan fingerprint density at radius 2 is 2.16 bits per heavy atom. The number of aliphatic carboxylic acids is 1. The van der Waals surface area contributed by atoms with Crippen LogP contribution < -0.4 is 10.6 Å². The number of tetrazole rings is 1. The molecule has 1 rings (SSSR count). The summed E-state index contributed by atoms with van der Waals surface area (Å²) in [5.41, 5.74) is 0. The molecule has 1 heterocycles. The number of carbonyl (C=O) groups excluding carboxylic acids is 1. The van der Waals surface area contributed by atoms with Crippen molar-refractivity contribution in [2.75, 3.05) is 0 Å². The van der Waals surface area contributed by atoms with Gasteiger partial charge < -0.3 is 15.7 Å². The van der Waals surface area contributed by atoms with Crippen LogP contribution in [0.5, 0.6) is 0 Å². The van der Waals surface area contributed by atoms with Crippen molar-refractivity contribution in [1.29, 1.82) is 0 Å². The molecule has 19 heavy (non-hydrogen) atoms. The molecule has 0 bridgehead atoms. The molecule has 0 aromatic carbocycles. The van der Waals surface area contributed by atoms with E-state index in [-0.39, 0.29) is 12.5 Å². The second kappa shape index (κ2) is 7.29. The van der Waals surface area contributed by atoms with Crippen LogP contribution in [0.3, 0.4) is 0 Å². The Bertz CT molecular complexity index is 407. The van der Waals surface area contributed by atoms with Crippen molar-refractivity contribution in [3.63, 3.8) is 0 Å². The summed E-state index contributed by atoms with van der Waals surface area (Å²) in [4.78, 5) is 22.4. The fourth-order valence-corrected chi connectivity index (χ4v) is 1.63. The third-order valence-corrected chi connectivity index (χ3v) is 2.49. The van der Waals surface area contributed by atoms with Crippen LogP contribution in [0.2, 0.25) is 0 Å². The number of hydrogen-bond acceptors (Lipinski definition) is 5. The molecule has 0 saturated carbocycles. The summed E-state index contributed by atoms with van der Waals surface area (Å²) in [5, 5.41) is 27.2. The van der Waals surface area contributed by atoms with Crippen LogP contribution in [0.25, 0.3) is 0 Å². The van der Waals surface area contributed by atoms with E-state index < -0.39 is 18.0 Å². The molecule has 0 aliphatic rings. The highest BCUT2D eigenvalue weighted by Crippen LogP contribution is 2.05. The van der Waals surface area contributed by atoms with Crippen LogP contribution in [0.4, 0.5) is 4.79 Å². The first kappa shape index (κ1) is 14.9. The van der Waals surface area contributed by atoms with Crippen LogP contribution in [-0.4, -0.2) is 43.8 Å². The second-order valence-electron chi connectivity index (χ2n) is 4.19. The first-order chi connectivity index (χ1) is 9.02. The van der Waals surface area contributed by atoms with E-state index in [0.29, 0.717) is 12.2 Å². The molecule has 1 aromatic heterocycles. The Hall–Kier alpha value is -2.19. The second-order valence-corrected chi connectivity index (χ2v) is 4.19. The van der Waals surface area contributed by atoms with Crippen molar-refractivity contribution >= 4 is 12.0 Å². The molecule has 0 aliphatic heterocycles. The monoisotopic (exact) mass is 270 g/mol. The highest BCUT2D eigenvalue weighted by atomic mass is 16.4. The van der Waals surface area contributed by atoms with Gasteiger partial charge in [-0.05, 0) is 13.3 Å². The summed E-state index contributed by atoms with van der Waals surface area (Å²) >= 11 is 0. The number of amides is 2. The lowest BCUT2D eigenvalue weighted by Gasteiger charge is -2.18. The number of nitrogens with zero attached hydrogens (tertiary/aromatic N) is 3. The first-order valence-corrected chi connectivity index (χ1v) is 6.05. The van der Waals surface area contributed by atoms with E-state index >= 15 is 0 Å². The number of hydrogen-bond donors (Lipinski definition) is 4. The SMILES string of the molecule is CCCC(CC(=O)O)NC(=O)NC(C)c1nn[nH]n1. The number of rotatable bonds is 7. The fourth-order valence-electron chi connectivity index (χ4n) is 1.63. The number of carboxylic acids is 1. The van der Waals surface area contributed by atoms with Crippen LogP contribution in [-0.2, 0) is 4.79 Å². The molecule has 9 heteroatoms. The maximum absolute atomic E-state index is 11.7. The van der Waals surface area contributed by atoms with Gasteiger partial charge in [-0.1, -0.05) is 18.6 Å². The van der Waals surface area contributed by atoms with E-state index in [2.05, 4.69) is 31.3 Å². The van der Waals surface area contributed by atoms with E-state index in [9.17, 15) is 9.59 Å². The van der Waals surface area contributed by atoms with Gasteiger partial charge in [-0.15, -0.1) is 10.2 Å². The molecule has 0 spiro atoms. The van der Waals surface area contributed by atoms with E-state index in [1.54, 1.807) is 6.92 Å². The molecule has 2 unspecified atom stereocenters. The van der Waals surface area contributed by atoms with Gasteiger partial charge >= 0.3 is 12.0 Å². The van der Waals surface area contributed by atoms with Gasteiger partial charge in [0.25, 0.3) is 0 Å². The molecule has 0 saturated heterocycles. The third kappa shape index (κ3) is 5.32. The lowest BCUT2D eigenvalue weighted by atomic mass is 10.1. The zero-order chi connectivity index (χ0) is 14.3. The van der Waals surface area contributed by atoms with Crippen molar-refractivity contribution in [3.05, 3.63) is 5.82 Å². The molecule has 2 amide bonds. The molecular formula is C10H18N6O3. The minimum atomic E-state index is -0.940. The number of H-pyrrole nitrogens is 1. The van der Waals surface area contributed by atoms with Crippen molar-refractivity contribution < 1.29 is 14.7 Å². The summed E-state index contributed by atoms with van der Waals surface area (Å²) in [6, 6.07) is -1.25. The smallest absolute Gasteiger partial charge is 0.315 e. The Morgan fingerprint density at radius 1 is 1.42 bits per heavy atom. The fraction of sp³-hybridized carbons (Fsp3) is 0.700. The Morgan fingerprint density at radius 3 is 2.68 bits per heavy atom. The summed E-state index contributed by atoms with van der Waals surface area (Å²) in [6.45, 7) is 3.63. The number of urea groups is 1. The molecule has 9 nitrogen and oxygen atoms in total. The average molecular weight is 270 g/mol. The van der Waals surface area contributed by atoms with E-state index in [1.807, 2.05) is 6.92 Å². The van der Waals surface area contributed by atoms with Gasteiger partial charge in [0.05, 0.1) is 12.5 Å². The molecule has 4 N–H and O–H groups in total. The van der Waals surface area contributed by atoms with Crippen LogP contribution in [0.1, 0.15) is 45.0 Å². The van der Waals surface area contributed by atoms with Crippen molar-refractivity contribution in [1.82, 2.24) is 31.3 Å². The summed E-state index contributed by atoms with van der Waals surface area (Å²) < 4.78 is 0. The number of nitrogens with one attached hydrogen (secondary N) is 3. The predicted octanol–water partition coefficient (Wildman–Crippen LogP) is 0.203. The highest BCUT2D eigenvalue weighted by Gasteiger charge is 2.18. The Labute approximate surface area is 110 Å². The molecule has 0 fully saturated rings. The first-order valence-electron chi connectivity index (χ1n) is 6.05. The van der Waals surface area contributed by atoms with Crippen LogP contribution in [0.15, 0.2) is 0 Å². The maximum atomic E-state index is 11.7. The lowest BCUT2D eigenvalue weighted by Crippen LogP contribution is -2.44. The number of carbonyl (C=O) groups is 2. The van der Waals surface area contributed by atoms with Crippen LogP contribution >= 0.6 is 0 Å². The maximum Gasteiger partial charge on any atom is 0.315 e. The van der Waals surface area contributed by atoms with E-state index in [0.717, 1.165) is 6.42 Å². The van der Waals surface area contributed by atoms with Gasteiger partial charge in [0.15, 0.2) is 5.82 Å². The quantitative estimate of drug-likeness (QED) is 0.559. The van der Waals surface area contributed by atoms with E-state index in [4.69, 9.17) is 5.11 Å². The van der Waals surface area contributed by atoms with Gasteiger partial charge in [0.1, 0.15) is 0 Å². The molecule has 0 aliphatic carbocycles. The van der Waals surface area contributed by atoms with E-state index in [1.165, 1.54) is 0 Å². The molecule has 106 valence electrons.